The van der Waals surface area contributed by atoms with E-state index in [0.29, 0.717) is 17.9 Å². The summed E-state index contributed by atoms with van der Waals surface area (Å²) in [6, 6.07) is 4.75. The van der Waals surface area contributed by atoms with E-state index >= 15 is 0 Å². The molecule has 4 heteroatoms. The summed E-state index contributed by atoms with van der Waals surface area (Å²) in [7, 11) is 0. The third kappa shape index (κ3) is 2.82. The van der Waals surface area contributed by atoms with Crippen LogP contribution in [0.15, 0.2) is 18.2 Å². The monoisotopic (exact) mass is 251 g/mol. The predicted octanol–water partition coefficient (Wildman–Crippen LogP) is 3.79. The molecule has 1 heterocycles. The van der Waals surface area contributed by atoms with Crippen molar-refractivity contribution in [3.05, 3.63) is 45.2 Å². The summed E-state index contributed by atoms with van der Waals surface area (Å²) in [5, 5.41) is 0.946. The minimum atomic E-state index is -0.210. The van der Waals surface area contributed by atoms with E-state index in [4.69, 9.17) is 4.74 Å². The van der Waals surface area contributed by atoms with E-state index < -0.39 is 0 Å². The number of rotatable bonds is 3. The van der Waals surface area contributed by atoms with Gasteiger partial charge in [-0.3, -0.25) is 0 Å². The van der Waals surface area contributed by atoms with Crippen LogP contribution in [0.1, 0.15) is 21.1 Å². The maximum absolute atomic E-state index is 13.1. The van der Waals surface area contributed by atoms with Crippen LogP contribution in [-0.4, -0.2) is 4.98 Å². The van der Waals surface area contributed by atoms with E-state index in [0.717, 1.165) is 10.7 Å². The van der Waals surface area contributed by atoms with Crippen LogP contribution in [-0.2, 0) is 6.61 Å². The largest absolute Gasteiger partial charge is 0.486 e. The van der Waals surface area contributed by atoms with Crippen molar-refractivity contribution in [1.29, 1.82) is 0 Å². The maximum Gasteiger partial charge on any atom is 0.140 e. The highest BCUT2D eigenvalue weighted by Gasteiger charge is 2.05. The van der Waals surface area contributed by atoms with Gasteiger partial charge >= 0.3 is 0 Å². The van der Waals surface area contributed by atoms with Gasteiger partial charge in [-0.25, -0.2) is 9.37 Å². The molecule has 0 spiro atoms. The Morgan fingerprint density at radius 1 is 1.29 bits per heavy atom. The van der Waals surface area contributed by atoms with Gasteiger partial charge in [-0.15, -0.1) is 11.3 Å². The quantitative estimate of drug-likeness (QED) is 0.828. The first kappa shape index (κ1) is 12.0. The molecular formula is C13H14FNOS. The Labute approximate surface area is 104 Å². The molecule has 0 unspecified atom stereocenters. The fraction of sp³-hybridized carbons (Fsp3) is 0.308. The lowest BCUT2D eigenvalue weighted by molar-refractivity contribution is 0.304. The van der Waals surface area contributed by atoms with Gasteiger partial charge in [-0.05, 0) is 44.5 Å². The number of hydrogen-bond donors (Lipinski definition) is 0. The first-order valence-corrected chi connectivity index (χ1v) is 6.20. The molecule has 0 bridgehead atoms. The second-order valence-corrected chi connectivity index (χ2v) is 5.24. The first-order valence-electron chi connectivity index (χ1n) is 5.38. The van der Waals surface area contributed by atoms with Crippen molar-refractivity contribution in [2.24, 2.45) is 0 Å². The fourth-order valence-electron chi connectivity index (χ4n) is 1.45. The van der Waals surface area contributed by atoms with Gasteiger partial charge in [0.1, 0.15) is 23.2 Å². The van der Waals surface area contributed by atoms with Crippen LogP contribution in [0.4, 0.5) is 4.39 Å². The first-order chi connectivity index (χ1) is 8.06. The molecule has 0 amide bonds. The van der Waals surface area contributed by atoms with Gasteiger partial charge in [0.25, 0.3) is 0 Å². The Balaban J connectivity index is 2.04. The number of benzene rings is 1. The number of nitrogens with zero attached hydrogens (tertiary/aromatic N) is 1. The summed E-state index contributed by atoms with van der Waals surface area (Å²) in [5.41, 5.74) is 1.64. The number of aromatic nitrogens is 1. The smallest absolute Gasteiger partial charge is 0.140 e. The Morgan fingerprint density at radius 2 is 2.06 bits per heavy atom. The minimum Gasteiger partial charge on any atom is -0.486 e. The summed E-state index contributed by atoms with van der Waals surface area (Å²) in [6.07, 6.45) is 0. The zero-order valence-corrected chi connectivity index (χ0v) is 10.9. The van der Waals surface area contributed by atoms with Crippen LogP contribution < -0.4 is 4.74 Å². The summed E-state index contributed by atoms with van der Waals surface area (Å²) >= 11 is 1.63. The van der Waals surface area contributed by atoms with Crippen molar-refractivity contribution in [3.8, 4) is 5.75 Å². The fourth-order valence-corrected chi connectivity index (χ4v) is 2.30. The lowest BCUT2D eigenvalue weighted by Crippen LogP contribution is -1.95. The van der Waals surface area contributed by atoms with E-state index in [9.17, 15) is 4.39 Å². The van der Waals surface area contributed by atoms with E-state index in [1.807, 2.05) is 13.8 Å². The average Bonchev–Trinajstić information content (AvgIpc) is 2.60. The van der Waals surface area contributed by atoms with Crippen molar-refractivity contribution in [3.63, 3.8) is 0 Å². The van der Waals surface area contributed by atoms with E-state index in [1.54, 1.807) is 30.4 Å². The molecule has 0 aliphatic carbocycles. The number of ether oxygens (including phenoxy) is 1. The molecular weight excluding hydrogens is 237 g/mol. The van der Waals surface area contributed by atoms with Gasteiger partial charge in [0.05, 0.1) is 5.69 Å². The van der Waals surface area contributed by atoms with Crippen LogP contribution >= 0.6 is 11.3 Å². The summed E-state index contributed by atoms with van der Waals surface area (Å²) < 4.78 is 18.6. The number of thiazole rings is 1. The molecule has 0 aliphatic rings. The minimum absolute atomic E-state index is 0.210. The molecule has 2 aromatic rings. The Morgan fingerprint density at radius 3 is 2.65 bits per heavy atom. The molecule has 90 valence electrons. The molecule has 0 saturated heterocycles. The highest BCUT2D eigenvalue weighted by Crippen LogP contribution is 2.20. The zero-order valence-electron chi connectivity index (χ0n) is 10.1. The zero-order chi connectivity index (χ0) is 12.4. The topological polar surface area (TPSA) is 22.1 Å². The van der Waals surface area contributed by atoms with Crippen molar-refractivity contribution in [2.75, 3.05) is 0 Å². The average molecular weight is 251 g/mol. The normalized spacial score (nSPS) is 10.6. The highest BCUT2D eigenvalue weighted by molar-refractivity contribution is 7.11. The number of halogens is 1. The Bertz CT molecular complexity index is 517. The number of hydrogen-bond acceptors (Lipinski definition) is 3. The SMILES string of the molecule is Cc1cc(OCc2nc(C)c(C)s2)ccc1F. The predicted molar refractivity (Wildman–Crippen MR) is 67.1 cm³/mol. The molecule has 0 N–H and O–H groups in total. The molecule has 1 aromatic heterocycles. The molecule has 0 fully saturated rings. The standard InChI is InChI=1S/C13H14FNOS/c1-8-6-11(4-5-12(8)14)16-7-13-15-9(2)10(3)17-13/h4-6H,7H2,1-3H3. The molecule has 0 aliphatic heterocycles. The third-order valence-electron chi connectivity index (χ3n) is 2.56. The van der Waals surface area contributed by atoms with Crippen LogP contribution in [0.5, 0.6) is 5.75 Å². The van der Waals surface area contributed by atoms with Gasteiger partial charge in [0.15, 0.2) is 0 Å². The van der Waals surface area contributed by atoms with E-state index in [-0.39, 0.29) is 5.82 Å². The molecule has 17 heavy (non-hydrogen) atoms. The van der Waals surface area contributed by atoms with Gasteiger partial charge in [0, 0.05) is 4.88 Å². The van der Waals surface area contributed by atoms with Crippen molar-refractivity contribution in [2.45, 2.75) is 27.4 Å². The highest BCUT2D eigenvalue weighted by atomic mass is 32.1. The summed E-state index contributed by atoms with van der Waals surface area (Å²) in [4.78, 5) is 5.59. The molecule has 0 radical (unpaired) electrons. The molecule has 2 rings (SSSR count). The molecule has 2 nitrogen and oxygen atoms in total. The lowest BCUT2D eigenvalue weighted by Gasteiger charge is -2.05. The van der Waals surface area contributed by atoms with Gasteiger partial charge in [-0.2, -0.15) is 0 Å². The summed E-state index contributed by atoms with van der Waals surface area (Å²) in [5.74, 6) is 0.465. The Kier molecular flexibility index (Phi) is 3.43. The maximum atomic E-state index is 13.1. The van der Waals surface area contributed by atoms with E-state index in [1.165, 1.54) is 10.9 Å². The van der Waals surface area contributed by atoms with Crippen LogP contribution in [0.25, 0.3) is 0 Å². The second kappa shape index (κ2) is 4.84. The number of aryl methyl sites for hydroxylation is 3. The van der Waals surface area contributed by atoms with Crippen molar-refractivity contribution in [1.82, 2.24) is 4.98 Å². The summed E-state index contributed by atoms with van der Waals surface area (Å²) in [6.45, 7) is 6.18. The van der Waals surface area contributed by atoms with Crippen LogP contribution in [0, 0.1) is 26.6 Å². The third-order valence-corrected chi connectivity index (χ3v) is 3.61. The van der Waals surface area contributed by atoms with Crippen molar-refractivity contribution < 1.29 is 9.13 Å². The lowest BCUT2D eigenvalue weighted by atomic mass is 10.2. The van der Waals surface area contributed by atoms with E-state index in [2.05, 4.69) is 4.98 Å². The van der Waals surface area contributed by atoms with Gasteiger partial charge < -0.3 is 4.74 Å². The molecule has 1 aromatic carbocycles. The van der Waals surface area contributed by atoms with Crippen LogP contribution in [0.2, 0.25) is 0 Å². The Hall–Kier alpha value is -1.42. The van der Waals surface area contributed by atoms with Crippen LogP contribution in [0.3, 0.4) is 0 Å². The molecule has 0 atom stereocenters. The second-order valence-electron chi connectivity index (χ2n) is 3.95. The van der Waals surface area contributed by atoms with Gasteiger partial charge in [0.2, 0.25) is 0 Å². The molecule has 0 saturated carbocycles. The van der Waals surface area contributed by atoms with Crippen molar-refractivity contribution >= 4 is 11.3 Å². The van der Waals surface area contributed by atoms with Gasteiger partial charge in [-0.1, -0.05) is 0 Å².